The first-order valence-corrected chi connectivity index (χ1v) is 25.0. The number of carboxylic acids is 1. The van der Waals surface area contributed by atoms with E-state index in [1.54, 1.807) is 13.8 Å². The van der Waals surface area contributed by atoms with Crippen LogP contribution in [0.25, 0.3) is 0 Å². The topological polar surface area (TPSA) is 200 Å². The van der Waals surface area contributed by atoms with Gasteiger partial charge >= 0.3 is 11.9 Å². The van der Waals surface area contributed by atoms with Crippen molar-refractivity contribution in [2.45, 2.75) is 183 Å². The second kappa shape index (κ2) is 17.8. The molecule has 0 aromatic rings. The third-order valence-electron chi connectivity index (χ3n) is 20.4. The van der Waals surface area contributed by atoms with E-state index in [-0.39, 0.29) is 63.4 Å². The van der Waals surface area contributed by atoms with Gasteiger partial charge < -0.3 is 41.1 Å². The number of nitrogens with two attached hydrogens (primary N) is 1. The molecule has 12 nitrogen and oxygen atoms in total. The van der Waals surface area contributed by atoms with E-state index < -0.39 is 48.1 Å². The number of aliphatic hydroxyl groups excluding tert-OH is 3. The van der Waals surface area contributed by atoms with Crippen molar-refractivity contribution in [3.63, 3.8) is 0 Å². The lowest BCUT2D eigenvalue weighted by molar-refractivity contribution is -0.249. The number of hydrogen-bond donors (Lipinski definition) is 6. The Morgan fingerprint density at radius 3 is 1.95 bits per heavy atom. The maximum atomic E-state index is 15.0. The van der Waals surface area contributed by atoms with Crippen LogP contribution in [0.5, 0.6) is 0 Å². The molecule has 1 saturated heterocycles. The van der Waals surface area contributed by atoms with Crippen LogP contribution in [0, 0.1) is 73.4 Å². The van der Waals surface area contributed by atoms with Gasteiger partial charge in [-0.25, -0.2) is 0 Å². The second-order valence-electron chi connectivity index (χ2n) is 24.9. The third kappa shape index (κ3) is 8.30. The SMILES string of the molecule is C=C(C)[C@@H]1CC[C@]2(C(=O)NC3C[C@H](C(=O)N4CCCCC4)C3(C)C)CC[C@]3(C)C(CCC4[C@@]5(C)CC[C@H](OC(=O)CC(C)(C)C(=O)O)C(C)(C)C5CC[C@]43C)C12.NC(CO)(CO)CO. The predicted octanol–water partition coefficient (Wildman–Crippen LogP) is 7.26. The van der Waals surface area contributed by atoms with E-state index in [4.69, 9.17) is 25.8 Å². The molecule has 364 valence electrons. The van der Waals surface area contributed by atoms with E-state index in [2.05, 4.69) is 72.2 Å². The fourth-order valence-corrected chi connectivity index (χ4v) is 15.7. The number of carboxylic acid groups (broad SMARTS) is 1. The Hall–Kier alpha value is -2.54. The summed E-state index contributed by atoms with van der Waals surface area (Å²) in [6.45, 7) is 27.2. The summed E-state index contributed by atoms with van der Waals surface area (Å²) in [6.07, 6.45) is 14.0. The maximum absolute atomic E-state index is 15.0. The highest BCUT2D eigenvalue weighted by Gasteiger charge is 2.72. The molecule has 6 saturated carbocycles. The zero-order valence-electron chi connectivity index (χ0n) is 41.3. The number of ether oxygens (including phenoxy) is 1. The molecule has 5 unspecified atom stereocenters. The number of fused-ring (bicyclic) bond motifs is 7. The molecule has 12 heteroatoms. The number of amides is 2. The molecular formula is C52H87N3O9. The Morgan fingerprint density at radius 1 is 0.781 bits per heavy atom. The van der Waals surface area contributed by atoms with Crippen molar-refractivity contribution in [2.24, 2.45) is 79.1 Å². The van der Waals surface area contributed by atoms with Crippen LogP contribution in [0.1, 0.15) is 166 Å². The molecule has 7 N–H and O–H groups in total. The minimum Gasteiger partial charge on any atom is -0.481 e. The van der Waals surface area contributed by atoms with Gasteiger partial charge in [-0.1, -0.05) is 60.6 Å². The van der Waals surface area contributed by atoms with Gasteiger partial charge in [0, 0.05) is 30.5 Å². The minimum absolute atomic E-state index is 0.0193. The summed E-state index contributed by atoms with van der Waals surface area (Å²) >= 11 is 0. The fourth-order valence-electron chi connectivity index (χ4n) is 15.7. The van der Waals surface area contributed by atoms with Gasteiger partial charge in [0.15, 0.2) is 0 Å². The molecule has 0 radical (unpaired) electrons. The molecule has 0 bridgehead atoms. The number of nitrogens with one attached hydrogen (secondary N) is 1. The van der Waals surface area contributed by atoms with E-state index >= 15 is 4.79 Å². The van der Waals surface area contributed by atoms with E-state index in [1.807, 2.05) is 0 Å². The summed E-state index contributed by atoms with van der Waals surface area (Å²) in [5.41, 5.74) is 3.45. The number of esters is 1. The van der Waals surface area contributed by atoms with Crippen LogP contribution in [0.15, 0.2) is 12.2 Å². The Kier molecular flexibility index (Phi) is 14.2. The third-order valence-corrected chi connectivity index (χ3v) is 20.4. The largest absolute Gasteiger partial charge is 0.481 e. The number of aliphatic hydroxyl groups is 3. The second-order valence-corrected chi connectivity index (χ2v) is 24.9. The van der Waals surface area contributed by atoms with Gasteiger partial charge in [0.25, 0.3) is 0 Å². The van der Waals surface area contributed by atoms with Crippen LogP contribution in [0.2, 0.25) is 0 Å². The highest BCUT2D eigenvalue weighted by Crippen LogP contribution is 2.77. The summed E-state index contributed by atoms with van der Waals surface area (Å²) in [6, 6.07) is 0.0193. The van der Waals surface area contributed by atoms with Crippen LogP contribution in [0.4, 0.5) is 0 Å². The highest BCUT2D eigenvalue weighted by molar-refractivity contribution is 5.86. The smallest absolute Gasteiger partial charge is 0.309 e. The lowest BCUT2D eigenvalue weighted by Gasteiger charge is -2.73. The molecule has 64 heavy (non-hydrogen) atoms. The van der Waals surface area contributed by atoms with E-state index in [9.17, 15) is 19.5 Å². The number of allylic oxidation sites excluding steroid dienone is 1. The van der Waals surface area contributed by atoms with Gasteiger partial charge in [0.1, 0.15) is 6.10 Å². The van der Waals surface area contributed by atoms with Crippen molar-refractivity contribution in [3.05, 3.63) is 12.2 Å². The Balaban J connectivity index is 0.000000776. The molecule has 1 heterocycles. The van der Waals surface area contributed by atoms with Gasteiger partial charge in [0.05, 0.1) is 42.6 Å². The summed E-state index contributed by atoms with van der Waals surface area (Å²) < 4.78 is 6.20. The van der Waals surface area contributed by atoms with Crippen LogP contribution in [-0.4, -0.2) is 99.7 Å². The first-order chi connectivity index (χ1) is 29.7. The number of carbonyl (C=O) groups excluding carboxylic acids is 3. The summed E-state index contributed by atoms with van der Waals surface area (Å²) in [5, 5.41) is 38.3. The van der Waals surface area contributed by atoms with Gasteiger partial charge in [-0.15, -0.1) is 0 Å². The van der Waals surface area contributed by atoms with Crippen LogP contribution in [-0.2, 0) is 23.9 Å². The van der Waals surface area contributed by atoms with Crippen molar-refractivity contribution < 1.29 is 44.3 Å². The summed E-state index contributed by atoms with van der Waals surface area (Å²) in [7, 11) is 0. The molecule has 7 aliphatic rings. The number of carbonyl (C=O) groups is 4. The van der Waals surface area contributed by atoms with Gasteiger partial charge in [-0.05, 0) is 162 Å². The van der Waals surface area contributed by atoms with E-state index in [0.29, 0.717) is 29.6 Å². The number of likely N-dealkylation sites (tertiary alicyclic amines) is 1. The van der Waals surface area contributed by atoms with Gasteiger partial charge in [-0.3, -0.25) is 19.2 Å². The average Bonchev–Trinajstić information content (AvgIpc) is 3.65. The molecule has 7 fully saturated rings. The molecule has 0 aromatic heterocycles. The number of nitrogens with zero attached hydrogens (tertiary/aromatic N) is 1. The number of piperidine rings is 1. The van der Waals surface area contributed by atoms with Gasteiger partial charge in [0.2, 0.25) is 11.8 Å². The zero-order chi connectivity index (χ0) is 47.6. The first-order valence-electron chi connectivity index (χ1n) is 25.0. The van der Waals surface area contributed by atoms with Crippen molar-refractivity contribution in [2.75, 3.05) is 32.9 Å². The number of hydrogen-bond acceptors (Lipinski definition) is 9. The Morgan fingerprint density at radius 2 is 1.41 bits per heavy atom. The van der Waals surface area contributed by atoms with Crippen molar-refractivity contribution in [1.82, 2.24) is 10.2 Å². The molecule has 6 aliphatic carbocycles. The number of rotatable bonds is 11. The standard InChI is InChI=1S/C48H76N2O6.C4H11NO3/c1-29(2)30-17-22-48(40(53)49-35-27-32(43(35,5)6)39(52)50-25-13-12-14-26-50)24-23-46(10)31(38(30)48)15-16-34-45(9)20-19-36(56-37(51)28-42(3,4)41(54)55)44(7,8)33(45)18-21-47(34,46)11;5-4(1-6,2-7)3-8/h30-36,38H,1,12-28H2,2-11H3,(H,49,53)(H,54,55);6-8H,1-3,5H2/t30-,31?,32+,33?,34?,35?,36-,38?,45-,46+,47+,48-;/m0./s1. The predicted molar refractivity (Wildman–Crippen MR) is 247 cm³/mol. The summed E-state index contributed by atoms with van der Waals surface area (Å²) in [4.78, 5) is 55.6. The normalized spacial score (nSPS) is 39.8. The van der Waals surface area contributed by atoms with Crippen LogP contribution < -0.4 is 11.1 Å². The van der Waals surface area contributed by atoms with E-state index in [1.165, 1.54) is 12.0 Å². The quantitative estimate of drug-likeness (QED) is 0.0907. The van der Waals surface area contributed by atoms with Crippen molar-refractivity contribution in [3.8, 4) is 0 Å². The molecule has 12 atom stereocenters. The molecule has 0 spiro atoms. The molecular weight excluding hydrogens is 811 g/mol. The number of aliphatic carboxylic acids is 1. The Labute approximate surface area is 384 Å². The molecule has 1 aliphatic heterocycles. The summed E-state index contributed by atoms with van der Waals surface area (Å²) in [5.74, 6) is 1.12. The average molecular weight is 898 g/mol. The Bertz CT molecular complexity index is 1780. The lowest BCUT2D eigenvalue weighted by Crippen LogP contribution is -2.68. The maximum Gasteiger partial charge on any atom is 0.309 e. The van der Waals surface area contributed by atoms with Crippen LogP contribution in [0.3, 0.4) is 0 Å². The molecule has 7 rings (SSSR count). The first kappa shape index (κ1) is 50.9. The van der Waals surface area contributed by atoms with Gasteiger partial charge in [-0.2, -0.15) is 0 Å². The minimum atomic E-state index is -1.21. The molecule has 0 aromatic carbocycles. The lowest BCUT2D eigenvalue weighted by atomic mass is 9.32. The van der Waals surface area contributed by atoms with Crippen LogP contribution >= 0.6 is 0 Å². The van der Waals surface area contributed by atoms with Crippen molar-refractivity contribution >= 4 is 23.8 Å². The molecule has 2 amide bonds. The van der Waals surface area contributed by atoms with Crippen molar-refractivity contribution in [1.29, 1.82) is 0 Å². The fraction of sp³-hybridized carbons (Fsp3) is 0.885. The highest BCUT2D eigenvalue weighted by atomic mass is 16.5. The monoisotopic (exact) mass is 898 g/mol. The zero-order valence-corrected chi connectivity index (χ0v) is 41.3. The van der Waals surface area contributed by atoms with E-state index in [0.717, 1.165) is 96.6 Å².